The van der Waals surface area contributed by atoms with E-state index >= 15 is 0 Å². The standard InChI is InChI=1S/3C15H19N2P.CO.Rh/c3*1-13(12-17-16)18(14-8-4-2-5-9-14)15-10-6-3-7-11-15;1-2;/h3*2-11,13,17H,12,16H2,1H3;;. The fraction of sp³-hybridized carbons (Fsp3) is 0.196. The number of rotatable bonds is 15. The number of hydrogen-bond donors (Lipinski definition) is 6. The first-order valence-corrected chi connectivity index (χ1v) is 22.9. The van der Waals surface area contributed by atoms with Gasteiger partial charge in [-0.15, -0.1) is 0 Å². The van der Waals surface area contributed by atoms with Crippen LogP contribution in [-0.2, 0) is 24.3 Å². The van der Waals surface area contributed by atoms with Gasteiger partial charge in [0.2, 0.25) is 0 Å². The minimum Gasteiger partial charge on any atom is -0.281 e. The summed E-state index contributed by atoms with van der Waals surface area (Å²) in [6.07, 6.45) is 0. The number of hydrazine groups is 3. The Hall–Kier alpha value is -3.34. The molecule has 0 aliphatic carbocycles. The van der Waals surface area contributed by atoms with E-state index < -0.39 is 0 Å². The minimum absolute atomic E-state index is 0. The van der Waals surface area contributed by atoms with E-state index in [4.69, 9.17) is 22.3 Å². The molecule has 0 heterocycles. The Morgan fingerprint density at radius 3 is 0.632 bits per heavy atom. The number of nitrogens with two attached hydrogens (primary N) is 3. The van der Waals surface area contributed by atoms with Crippen molar-refractivity contribution in [1.82, 2.24) is 16.3 Å². The van der Waals surface area contributed by atoms with Crippen LogP contribution in [0.4, 0.5) is 0 Å². The molecule has 7 nitrogen and oxygen atoms in total. The van der Waals surface area contributed by atoms with Gasteiger partial charge in [0.25, 0.3) is 6.79 Å². The minimum atomic E-state index is -0.360. The molecule has 57 heavy (non-hydrogen) atoms. The van der Waals surface area contributed by atoms with E-state index in [0.717, 1.165) is 19.6 Å². The summed E-state index contributed by atoms with van der Waals surface area (Å²) in [6, 6.07) is 64.2. The molecular weight excluding hydrogens is 848 g/mol. The zero-order valence-electron chi connectivity index (χ0n) is 33.0. The van der Waals surface area contributed by atoms with Gasteiger partial charge in [-0.3, -0.25) is 38.6 Å². The van der Waals surface area contributed by atoms with Crippen LogP contribution in [0.5, 0.6) is 0 Å². The maximum absolute atomic E-state index is 7.50. The summed E-state index contributed by atoms with van der Waals surface area (Å²) in [7, 11) is -1.08. The zero-order valence-corrected chi connectivity index (χ0v) is 37.3. The van der Waals surface area contributed by atoms with Crippen LogP contribution in [0.1, 0.15) is 20.8 Å². The second kappa shape index (κ2) is 29.8. The number of carbonyl (C=O) groups excluding carboxylic acids is 1. The zero-order chi connectivity index (χ0) is 40.4. The molecule has 6 aromatic carbocycles. The smallest absolute Gasteiger partial charge is 0.281 e. The van der Waals surface area contributed by atoms with Crippen LogP contribution in [0.3, 0.4) is 0 Å². The van der Waals surface area contributed by atoms with Crippen LogP contribution < -0.4 is 65.6 Å². The van der Waals surface area contributed by atoms with Crippen molar-refractivity contribution in [1.29, 1.82) is 0 Å². The molecule has 11 heteroatoms. The molecule has 9 N–H and O–H groups in total. The Bertz CT molecular complexity index is 1500. The quantitative estimate of drug-likeness (QED) is 0.0347. The molecule has 0 aliphatic heterocycles. The van der Waals surface area contributed by atoms with Gasteiger partial charge in [-0.25, -0.2) is 0 Å². The van der Waals surface area contributed by atoms with Crippen LogP contribution in [-0.4, -0.2) is 43.4 Å². The van der Waals surface area contributed by atoms with Gasteiger partial charge in [-0.05, 0) is 72.6 Å². The second-order valence-electron chi connectivity index (χ2n) is 12.9. The molecule has 0 aromatic heterocycles. The summed E-state index contributed by atoms with van der Waals surface area (Å²) in [4.78, 5) is 7.50. The number of nitrogens with one attached hydrogen (secondary N) is 3. The summed E-state index contributed by atoms with van der Waals surface area (Å²) in [5, 5.41) is 8.42. The summed E-state index contributed by atoms with van der Waals surface area (Å²) < 4.78 is 0. The van der Waals surface area contributed by atoms with Crippen molar-refractivity contribution in [3.05, 3.63) is 182 Å². The van der Waals surface area contributed by atoms with Gasteiger partial charge in [0, 0.05) is 39.1 Å². The maximum atomic E-state index is 7.50. The molecule has 3 radical (unpaired) electrons. The topological polar surface area (TPSA) is 131 Å². The first-order valence-electron chi connectivity index (χ1n) is 18.7. The van der Waals surface area contributed by atoms with Gasteiger partial charge in [-0.1, -0.05) is 203 Å². The Morgan fingerprint density at radius 2 is 0.509 bits per heavy atom. The van der Waals surface area contributed by atoms with E-state index in [1.165, 1.54) is 31.8 Å². The maximum Gasteiger partial charge on any atom is 0.281 e. The Kier molecular flexibility index (Phi) is 26.1. The van der Waals surface area contributed by atoms with Gasteiger partial charge >= 0.3 is 0 Å². The fourth-order valence-electron chi connectivity index (χ4n) is 6.29. The molecule has 301 valence electrons. The van der Waals surface area contributed by atoms with E-state index in [0.29, 0.717) is 17.0 Å². The van der Waals surface area contributed by atoms with E-state index in [1.54, 1.807) is 0 Å². The predicted octanol–water partition coefficient (Wildman–Crippen LogP) is 5.51. The molecule has 0 saturated carbocycles. The first kappa shape index (κ1) is 49.8. The van der Waals surface area contributed by atoms with Gasteiger partial charge in [-0.2, -0.15) is 0 Å². The third-order valence-corrected chi connectivity index (χ3v) is 17.1. The molecule has 0 fully saturated rings. The monoisotopic (exact) mass is 905 g/mol. The first-order chi connectivity index (χ1) is 27.5. The van der Waals surface area contributed by atoms with Crippen molar-refractivity contribution >= 4 is 62.4 Å². The SMILES string of the molecule is CC(CNN)P(c1ccccc1)c1ccccc1.CC(CNN)P(c1ccccc1)c1ccccc1.CC(CNN)P(c1ccccc1)c1ccccc1.[C]=O.[Rh]. The van der Waals surface area contributed by atoms with Crippen LogP contribution >= 0.6 is 23.8 Å². The van der Waals surface area contributed by atoms with Crippen LogP contribution in [0.2, 0.25) is 0 Å². The average molecular weight is 906 g/mol. The van der Waals surface area contributed by atoms with Crippen molar-refractivity contribution < 1.29 is 24.3 Å². The summed E-state index contributed by atoms with van der Waals surface area (Å²) >= 11 is 0. The molecule has 3 atom stereocenters. The van der Waals surface area contributed by atoms with Gasteiger partial charge < -0.3 is 0 Å². The normalized spacial score (nSPS) is 12.0. The average Bonchev–Trinajstić information content (AvgIpc) is 3.25. The van der Waals surface area contributed by atoms with E-state index in [9.17, 15) is 0 Å². The van der Waals surface area contributed by atoms with Crippen LogP contribution in [0, 0.1) is 0 Å². The van der Waals surface area contributed by atoms with Crippen molar-refractivity contribution in [3.8, 4) is 0 Å². The van der Waals surface area contributed by atoms with E-state index in [1.807, 2.05) is 0 Å². The third kappa shape index (κ3) is 16.8. The second-order valence-corrected chi connectivity index (χ2v) is 20.9. The molecule has 6 aromatic rings. The fourth-order valence-corrected chi connectivity index (χ4v) is 14.1. The summed E-state index contributed by atoms with van der Waals surface area (Å²) in [6.45, 7) is 13.8. The largest absolute Gasteiger partial charge is 0.281 e. The van der Waals surface area contributed by atoms with Crippen molar-refractivity contribution in [2.45, 2.75) is 37.7 Å². The summed E-state index contributed by atoms with van der Waals surface area (Å²) in [5.41, 5.74) is 9.94. The molecule has 0 aliphatic rings. The van der Waals surface area contributed by atoms with E-state index in [2.05, 4.69) is 226 Å². The van der Waals surface area contributed by atoms with Crippen molar-refractivity contribution in [2.75, 3.05) is 19.6 Å². The Morgan fingerprint density at radius 1 is 0.368 bits per heavy atom. The van der Waals surface area contributed by atoms with Crippen molar-refractivity contribution in [2.24, 2.45) is 17.5 Å². The molecule has 6 rings (SSSR count). The molecule has 3 unspecified atom stereocenters. The van der Waals surface area contributed by atoms with E-state index in [-0.39, 0.29) is 43.2 Å². The molecule has 0 spiro atoms. The Balaban J connectivity index is 0.000000286. The molecule has 0 saturated heterocycles. The van der Waals surface area contributed by atoms with Gasteiger partial charge in [0.15, 0.2) is 0 Å². The molecule has 0 bridgehead atoms. The molecule has 0 amide bonds. The van der Waals surface area contributed by atoms with Crippen molar-refractivity contribution in [3.63, 3.8) is 0 Å². The van der Waals surface area contributed by atoms with Gasteiger partial charge in [0.05, 0.1) is 0 Å². The van der Waals surface area contributed by atoms with Crippen LogP contribution in [0.15, 0.2) is 182 Å². The molecular formula is C46H57N6OP3Rh. The summed E-state index contributed by atoms with van der Waals surface area (Å²) in [5.74, 6) is 16.5. The number of benzene rings is 6. The predicted molar refractivity (Wildman–Crippen MR) is 248 cm³/mol. The Labute approximate surface area is 358 Å². The third-order valence-electron chi connectivity index (χ3n) is 8.77. The number of hydrogen-bond acceptors (Lipinski definition) is 7. The van der Waals surface area contributed by atoms with Crippen LogP contribution in [0.25, 0.3) is 0 Å². The van der Waals surface area contributed by atoms with Gasteiger partial charge in [0.1, 0.15) is 0 Å².